The van der Waals surface area contributed by atoms with E-state index < -0.39 is 42.1 Å². The fraction of sp³-hybridized carbons (Fsp3) is 0.382. The van der Waals surface area contributed by atoms with Gasteiger partial charge in [0.1, 0.15) is 0 Å². The number of unbranched alkanes of at least 4 members (excludes halogenated alkanes) is 1. The Labute approximate surface area is 454 Å². The highest BCUT2D eigenvalue weighted by molar-refractivity contribution is 6.62. The highest BCUT2D eigenvalue weighted by Gasteiger charge is 2.53. The van der Waals surface area contributed by atoms with Crippen LogP contribution in [0.25, 0.3) is 11.1 Å². The molecule has 2 heterocycles. The summed E-state index contributed by atoms with van der Waals surface area (Å²) in [5, 5.41) is 0. The van der Waals surface area contributed by atoms with E-state index in [4.69, 9.17) is 18.6 Å². The summed E-state index contributed by atoms with van der Waals surface area (Å²) in [5.41, 5.74) is 20.5. The standard InChI is InChI=1S/C68H76B2N2O4/c1-11-12-17-46-22-26-51(27-23-46)68(10)62-40-38-58(71(56-32-24-47-18-13-15-20-49(47)42-56)54-34-28-52(29-35-54)69-73-64(2,3)65(4,5)74-69)44-60(62)61-45-59(39-41-63(61)68)72(57-33-25-48-19-14-16-21-50(48)43-57)55-36-30-53(31-37-55)70-75-66(6,7)67(8,9)76-70/h22-45H,11-21H2,1-10H3. The summed E-state index contributed by atoms with van der Waals surface area (Å²) < 4.78 is 26.2. The number of nitrogens with zero attached hydrogens (tertiary/aromatic N) is 2. The fourth-order valence-electron chi connectivity index (χ4n) is 12.6. The predicted molar refractivity (Wildman–Crippen MR) is 317 cm³/mol. The van der Waals surface area contributed by atoms with Crippen molar-refractivity contribution in [2.75, 3.05) is 9.80 Å². The van der Waals surface area contributed by atoms with Gasteiger partial charge in [-0.3, -0.25) is 0 Å². The molecule has 0 bridgehead atoms. The summed E-state index contributed by atoms with van der Waals surface area (Å²) in [6.07, 6.45) is 12.9. The lowest BCUT2D eigenvalue weighted by Crippen LogP contribution is -2.41. The second-order valence-electron chi connectivity index (χ2n) is 24.7. The molecule has 2 saturated heterocycles. The van der Waals surface area contributed by atoms with Gasteiger partial charge in [0.15, 0.2) is 0 Å². The second kappa shape index (κ2) is 19.2. The van der Waals surface area contributed by atoms with Crippen molar-refractivity contribution in [3.63, 3.8) is 0 Å². The van der Waals surface area contributed by atoms with Crippen molar-refractivity contribution in [2.24, 2.45) is 0 Å². The molecular weight excluding hydrogens is 930 g/mol. The van der Waals surface area contributed by atoms with E-state index in [0.29, 0.717) is 0 Å². The third-order valence-corrected chi connectivity index (χ3v) is 18.8. The molecule has 2 aliphatic heterocycles. The maximum absolute atomic E-state index is 6.54. The summed E-state index contributed by atoms with van der Waals surface area (Å²) in [6, 6.07) is 56.1. The predicted octanol–water partition coefficient (Wildman–Crippen LogP) is 15.7. The largest absolute Gasteiger partial charge is 0.494 e. The lowest BCUT2D eigenvalue weighted by molar-refractivity contribution is 0.00578. The van der Waals surface area contributed by atoms with Gasteiger partial charge in [0.2, 0.25) is 0 Å². The highest BCUT2D eigenvalue weighted by Crippen LogP contribution is 2.56. The first-order chi connectivity index (χ1) is 36.4. The van der Waals surface area contributed by atoms with E-state index in [1.54, 1.807) is 0 Å². The van der Waals surface area contributed by atoms with Crippen LogP contribution >= 0.6 is 0 Å². The van der Waals surface area contributed by atoms with Crippen LogP contribution < -0.4 is 20.7 Å². The molecule has 8 heteroatoms. The van der Waals surface area contributed by atoms with Gasteiger partial charge >= 0.3 is 14.2 Å². The first-order valence-electron chi connectivity index (χ1n) is 28.6. The van der Waals surface area contributed by atoms with Crippen LogP contribution in [0.4, 0.5) is 34.1 Å². The monoisotopic (exact) mass is 1010 g/mol. The maximum atomic E-state index is 6.54. The summed E-state index contributed by atoms with van der Waals surface area (Å²) in [7, 11) is -0.872. The number of anilines is 6. The SMILES string of the molecule is CCCCc1ccc(C2(C)c3ccc(N(c4ccc(B5OC(C)(C)C(C)(C)O5)cc4)c4ccc5c(c4)CCCC5)cc3-c3cc(N(c4ccc(B5OC(C)(C)C(C)(C)O5)cc4)c4ccc5c(c4)CCCC5)ccc32)cc1. The molecule has 76 heavy (non-hydrogen) atoms. The summed E-state index contributed by atoms with van der Waals surface area (Å²) in [5.74, 6) is 0. The van der Waals surface area contributed by atoms with E-state index >= 15 is 0 Å². The normalized spacial score (nSPS) is 19.2. The molecule has 0 N–H and O–H groups in total. The average Bonchev–Trinajstić information content (AvgIpc) is 4.02. The topological polar surface area (TPSA) is 43.4 Å². The minimum absolute atomic E-state index is 0.396. The van der Waals surface area contributed by atoms with Gasteiger partial charge in [-0.2, -0.15) is 0 Å². The van der Waals surface area contributed by atoms with Crippen molar-refractivity contribution in [1.29, 1.82) is 0 Å². The number of benzene rings is 7. The van der Waals surface area contributed by atoms with Crippen LogP contribution in [0.15, 0.2) is 146 Å². The Morgan fingerprint density at radius 3 is 1.14 bits per heavy atom. The van der Waals surface area contributed by atoms with Crippen molar-refractivity contribution in [2.45, 2.75) is 168 Å². The van der Waals surface area contributed by atoms with Gasteiger partial charge in [-0.05, 0) is 266 Å². The van der Waals surface area contributed by atoms with Crippen LogP contribution in [-0.2, 0) is 56.1 Å². The molecular formula is C68H76B2N2O4. The molecule has 0 amide bonds. The molecule has 6 nitrogen and oxygen atoms in total. The molecule has 5 aliphatic rings. The van der Waals surface area contributed by atoms with Gasteiger partial charge < -0.3 is 28.4 Å². The molecule has 0 atom stereocenters. The smallest absolute Gasteiger partial charge is 0.399 e. The molecule has 0 saturated carbocycles. The molecule has 0 aromatic heterocycles. The van der Waals surface area contributed by atoms with Crippen LogP contribution in [0.2, 0.25) is 0 Å². The van der Waals surface area contributed by atoms with Crippen LogP contribution in [0.5, 0.6) is 0 Å². The van der Waals surface area contributed by atoms with Gasteiger partial charge in [-0.1, -0.05) is 86.1 Å². The van der Waals surface area contributed by atoms with E-state index in [1.165, 1.54) is 106 Å². The van der Waals surface area contributed by atoms with Crippen molar-refractivity contribution in [3.8, 4) is 11.1 Å². The number of hydrogen-bond acceptors (Lipinski definition) is 6. The van der Waals surface area contributed by atoms with Crippen LogP contribution in [0.3, 0.4) is 0 Å². The molecule has 12 rings (SSSR count). The van der Waals surface area contributed by atoms with Crippen molar-refractivity contribution < 1.29 is 18.6 Å². The lowest BCUT2D eigenvalue weighted by atomic mass is 9.74. The van der Waals surface area contributed by atoms with Crippen molar-refractivity contribution in [3.05, 3.63) is 190 Å². The van der Waals surface area contributed by atoms with E-state index in [-0.39, 0.29) is 0 Å². The minimum Gasteiger partial charge on any atom is -0.399 e. The Balaban J connectivity index is 1.01. The molecule has 388 valence electrons. The van der Waals surface area contributed by atoms with Gasteiger partial charge in [0, 0.05) is 39.5 Å². The van der Waals surface area contributed by atoms with Gasteiger partial charge in [-0.25, -0.2) is 0 Å². The number of aryl methyl sites for hydroxylation is 5. The second-order valence-corrected chi connectivity index (χ2v) is 24.7. The number of rotatable bonds is 12. The Hall–Kier alpha value is -5.89. The Bertz CT molecular complexity index is 3080. The van der Waals surface area contributed by atoms with Crippen molar-refractivity contribution in [1.82, 2.24) is 0 Å². The molecule has 0 spiro atoms. The van der Waals surface area contributed by atoms with Gasteiger partial charge in [0.05, 0.1) is 22.4 Å². The Morgan fingerprint density at radius 1 is 0.395 bits per heavy atom. The molecule has 0 unspecified atom stereocenters. The van der Waals surface area contributed by atoms with E-state index in [1.807, 2.05) is 0 Å². The lowest BCUT2D eigenvalue weighted by Gasteiger charge is -2.32. The van der Waals surface area contributed by atoms with E-state index in [9.17, 15) is 0 Å². The van der Waals surface area contributed by atoms with Gasteiger partial charge in [-0.15, -0.1) is 0 Å². The number of hydrogen-bond donors (Lipinski definition) is 0. The zero-order valence-electron chi connectivity index (χ0n) is 46.8. The van der Waals surface area contributed by atoms with E-state index in [0.717, 1.165) is 65.8 Å². The highest BCUT2D eigenvalue weighted by atomic mass is 16.7. The maximum Gasteiger partial charge on any atom is 0.494 e. The minimum atomic E-state index is -0.436. The third-order valence-electron chi connectivity index (χ3n) is 18.8. The Morgan fingerprint density at radius 2 is 0.750 bits per heavy atom. The van der Waals surface area contributed by atoms with Crippen LogP contribution in [0.1, 0.15) is 152 Å². The zero-order chi connectivity index (χ0) is 52.8. The molecule has 7 aromatic carbocycles. The Kier molecular flexibility index (Phi) is 12.9. The van der Waals surface area contributed by atoms with E-state index in [2.05, 4.69) is 225 Å². The summed E-state index contributed by atoms with van der Waals surface area (Å²) in [4.78, 5) is 4.93. The molecule has 3 aliphatic carbocycles. The van der Waals surface area contributed by atoms with Crippen molar-refractivity contribution >= 4 is 59.3 Å². The summed E-state index contributed by atoms with van der Waals surface area (Å²) in [6.45, 7) is 21.7. The number of fused-ring (bicyclic) bond motifs is 5. The van der Waals surface area contributed by atoms with Crippen LogP contribution in [-0.4, -0.2) is 36.6 Å². The third kappa shape index (κ3) is 8.86. The first kappa shape index (κ1) is 50.9. The van der Waals surface area contributed by atoms with Gasteiger partial charge in [0.25, 0.3) is 0 Å². The summed E-state index contributed by atoms with van der Waals surface area (Å²) >= 11 is 0. The molecule has 7 aromatic rings. The quantitative estimate of drug-likeness (QED) is 0.114. The average molecular weight is 1010 g/mol. The zero-order valence-corrected chi connectivity index (χ0v) is 46.8. The molecule has 0 radical (unpaired) electrons. The fourth-order valence-corrected chi connectivity index (χ4v) is 12.6. The van der Waals surface area contributed by atoms with Crippen LogP contribution in [0, 0.1) is 0 Å². The first-order valence-corrected chi connectivity index (χ1v) is 28.6. The molecule has 2 fully saturated rings.